The monoisotopic (exact) mass is 554 g/mol. The number of fused-ring (bicyclic) bond motifs is 1. The molecule has 0 unspecified atom stereocenters. The average molecular weight is 555 g/mol. The van der Waals surface area contributed by atoms with Crippen LogP contribution >= 0.6 is 11.6 Å². The predicted octanol–water partition coefficient (Wildman–Crippen LogP) is 6.37. The molecule has 4 aromatic rings. The highest BCUT2D eigenvalue weighted by Gasteiger charge is 2.60. The van der Waals surface area contributed by atoms with Crippen LogP contribution in [0.1, 0.15) is 24.1 Å². The van der Waals surface area contributed by atoms with Crippen molar-refractivity contribution in [1.29, 1.82) is 0 Å². The van der Waals surface area contributed by atoms with Crippen LogP contribution in [-0.2, 0) is 21.0 Å². The number of para-hydroxylation sites is 1. The van der Waals surface area contributed by atoms with Gasteiger partial charge >= 0.3 is 0 Å². The maximum Gasteiger partial charge on any atom is 0.266 e. The van der Waals surface area contributed by atoms with Crippen molar-refractivity contribution in [2.75, 3.05) is 16.6 Å². The van der Waals surface area contributed by atoms with Crippen LogP contribution in [0.5, 0.6) is 11.5 Å². The first-order valence-corrected chi connectivity index (χ1v) is 13.5. The highest BCUT2D eigenvalue weighted by Crippen LogP contribution is 2.49. The predicted molar refractivity (Wildman–Crippen MR) is 152 cm³/mol. The molecule has 0 N–H and O–H groups in total. The maximum atomic E-state index is 13.9. The van der Waals surface area contributed by atoms with Gasteiger partial charge in [-0.25, -0.2) is 9.96 Å². The number of anilines is 2. The molecule has 2 aliphatic rings. The molecule has 0 saturated carbocycles. The van der Waals surface area contributed by atoms with Gasteiger partial charge in [-0.15, -0.1) is 0 Å². The quantitative estimate of drug-likeness (QED) is 0.236. The molecular weight excluding hydrogens is 528 g/mol. The summed E-state index contributed by atoms with van der Waals surface area (Å²) < 4.78 is 12.1. The summed E-state index contributed by atoms with van der Waals surface area (Å²) >= 11 is 6.18. The van der Waals surface area contributed by atoms with Gasteiger partial charge < -0.3 is 9.47 Å². The molecule has 6 rings (SSSR count). The van der Waals surface area contributed by atoms with Gasteiger partial charge in [0.2, 0.25) is 5.91 Å². The lowest BCUT2D eigenvalue weighted by Crippen LogP contribution is -2.37. The van der Waals surface area contributed by atoms with Crippen molar-refractivity contribution in [3.63, 3.8) is 0 Å². The maximum absolute atomic E-state index is 13.9. The fraction of sp³-hybridized carbons (Fsp3) is 0.188. The highest BCUT2D eigenvalue weighted by molar-refractivity contribution is 6.31. The van der Waals surface area contributed by atoms with Crippen molar-refractivity contribution in [2.45, 2.75) is 25.7 Å². The lowest BCUT2D eigenvalue weighted by Gasteiger charge is -2.29. The minimum atomic E-state index is -0.985. The van der Waals surface area contributed by atoms with E-state index in [2.05, 4.69) is 0 Å². The van der Waals surface area contributed by atoms with E-state index in [0.717, 1.165) is 16.8 Å². The Balaban J connectivity index is 1.38. The van der Waals surface area contributed by atoms with Crippen molar-refractivity contribution in [3.8, 4) is 11.5 Å². The van der Waals surface area contributed by atoms with E-state index in [1.165, 1.54) is 4.90 Å². The fourth-order valence-electron chi connectivity index (χ4n) is 5.25. The second-order valence-electron chi connectivity index (χ2n) is 9.56. The Morgan fingerprint density at radius 3 is 2.23 bits per heavy atom. The zero-order valence-corrected chi connectivity index (χ0v) is 22.5. The second-order valence-corrected chi connectivity index (χ2v) is 10.00. The third-order valence-electron chi connectivity index (χ3n) is 7.04. The zero-order valence-electron chi connectivity index (χ0n) is 21.8. The van der Waals surface area contributed by atoms with Crippen LogP contribution in [0.2, 0.25) is 5.02 Å². The van der Waals surface area contributed by atoms with Gasteiger partial charge in [0.05, 0.1) is 24.0 Å². The van der Waals surface area contributed by atoms with Gasteiger partial charge in [-0.1, -0.05) is 72.3 Å². The first-order chi connectivity index (χ1) is 19.5. The number of halogens is 1. The van der Waals surface area contributed by atoms with Crippen molar-refractivity contribution < 1.29 is 23.9 Å². The molecule has 3 atom stereocenters. The summed E-state index contributed by atoms with van der Waals surface area (Å²) in [4.78, 5) is 34.9. The summed E-state index contributed by atoms with van der Waals surface area (Å²) in [5.41, 5.74) is 2.96. The van der Waals surface area contributed by atoms with Crippen LogP contribution in [0.4, 0.5) is 11.4 Å². The van der Waals surface area contributed by atoms with E-state index in [9.17, 15) is 9.59 Å². The highest BCUT2D eigenvalue weighted by atomic mass is 35.5. The standard InChI is InChI=1S/C32H27ClN2O5/c1-2-38-27-18-22(16-17-26(27)39-20-21-10-5-3-6-11-21)29-28-30(40-35(29)24-13-7-4-8-14-24)32(37)34(31(28)36)25-15-9-12-23(33)19-25/h3-19,28-30H,2,20H2,1H3/t28-,29+,30+/m1/s1. The third kappa shape index (κ3) is 4.78. The number of rotatable bonds is 8. The van der Waals surface area contributed by atoms with Crippen LogP contribution in [-0.4, -0.2) is 24.5 Å². The van der Waals surface area contributed by atoms with Crippen LogP contribution in [0.15, 0.2) is 103 Å². The Morgan fingerprint density at radius 1 is 0.775 bits per heavy atom. The molecule has 2 saturated heterocycles. The molecule has 7 nitrogen and oxygen atoms in total. The minimum absolute atomic E-state index is 0.344. The van der Waals surface area contributed by atoms with Gasteiger partial charge in [0.25, 0.3) is 5.91 Å². The molecule has 0 bridgehead atoms. The number of benzene rings is 4. The van der Waals surface area contributed by atoms with Crippen molar-refractivity contribution in [2.24, 2.45) is 5.92 Å². The molecule has 8 heteroatoms. The lowest BCUT2D eigenvalue weighted by atomic mass is 9.90. The van der Waals surface area contributed by atoms with E-state index in [1.54, 1.807) is 29.3 Å². The molecule has 2 amide bonds. The van der Waals surface area contributed by atoms with Gasteiger partial charge in [0, 0.05) is 5.02 Å². The summed E-state index contributed by atoms with van der Waals surface area (Å²) in [5.74, 6) is -0.407. The van der Waals surface area contributed by atoms with E-state index >= 15 is 0 Å². The molecule has 2 aliphatic heterocycles. The molecular formula is C32H27ClN2O5. The minimum Gasteiger partial charge on any atom is -0.490 e. The number of hydrogen-bond donors (Lipinski definition) is 0. The summed E-state index contributed by atoms with van der Waals surface area (Å²) in [5, 5.41) is 2.10. The first kappa shape index (κ1) is 25.9. The molecule has 202 valence electrons. The molecule has 2 heterocycles. The van der Waals surface area contributed by atoms with E-state index in [1.807, 2.05) is 85.8 Å². The number of hydrogen-bond acceptors (Lipinski definition) is 6. The Morgan fingerprint density at radius 2 is 1.50 bits per heavy atom. The number of ether oxygens (including phenoxy) is 2. The molecule has 2 fully saturated rings. The van der Waals surface area contributed by atoms with Crippen LogP contribution in [0.3, 0.4) is 0 Å². The normalized spacial score (nSPS) is 20.1. The van der Waals surface area contributed by atoms with Gasteiger partial charge in [-0.3, -0.25) is 14.4 Å². The molecule has 4 aromatic carbocycles. The summed E-state index contributed by atoms with van der Waals surface area (Å²) in [6.07, 6.45) is -0.985. The fourth-order valence-corrected chi connectivity index (χ4v) is 5.44. The number of nitrogens with zero attached hydrogens (tertiary/aromatic N) is 2. The summed E-state index contributed by atoms with van der Waals surface area (Å²) in [6, 6.07) is 31.1. The van der Waals surface area contributed by atoms with Gasteiger partial charge in [0.1, 0.15) is 12.5 Å². The SMILES string of the molecule is CCOc1cc([C@H]2[C@H]3C(=O)N(c4cccc(Cl)c4)C(=O)[C@H]3ON2c2ccccc2)ccc1OCc1ccccc1. The average Bonchev–Trinajstić information content (AvgIpc) is 3.49. The van der Waals surface area contributed by atoms with Crippen LogP contribution < -0.4 is 19.4 Å². The van der Waals surface area contributed by atoms with Crippen LogP contribution in [0.25, 0.3) is 0 Å². The van der Waals surface area contributed by atoms with E-state index in [-0.39, 0.29) is 5.91 Å². The van der Waals surface area contributed by atoms with Crippen molar-refractivity contribution in [1.82, 2.24) is 0 Å². The zero-order chi connectivity index (χ0) is 27.6. The number of hydroxylamine groups is 1. The topological polar surface area (TPSA) is 68.3 Å². The van der Waals surface area contributed by atoms with Crippen molar-refractivity contribution in [3.05, 3.63) is 119 Å². The Labute approximate surface area is 237 Å². The summed E-state index contributed by atoms with van der Waals surface area (Å²) in [7, 11) is 0. The van der Waals surface area contributed by atoms with Crippen LogP contribution in [0, 0.1) is 5.92 Å². The molecule has 0 radical (unpaired) electrons. The van der Waals surface area contributed by atoms with Gasteiger partial charge in [0.15, 0.2) is 17.6 Å². The number of carbonyl (C=O) groups is 2. The Kier molecular flexibility index (Phi) is 7.15. The van der Waals surface area contributed by atoms with Crippen molar-refractivity contribution >= 4 is 34.8 Å². The van der Waals surface area contributed by atoms with Gasteiger partial charge in [-0.05, 0) is 60.5 Å². The smallest absolute Gasteiger partial charge is 0.266 e. The van der Waals surface area contributed by atoms with E-state index in [0.29, 0.717) is 35.4 Å². The Bertz CT molecular complexity index is 1530. The number of carbonyl (C=O) groups excluding carboxylic acids is 2. The van der Waals surface area contributed by atoms with E-state index in [4.69, 9.17) is 25.9 Å². The van der Waals surface area contributed by atoms with E-state index < -0.39 is 24.0 Å². The Hall–Kier alpha value is -4.33. The van der Waals surface area contributed by atoms with Gasteiger partial charge in [-0.2, -0.15) is 0 Å². The first-order valence-electron chi connectivity index (χ1n) is 13.1. The lowest BCUT2D eigenvalue weighted by molar-refractivity contribution is -0.126. The number of amides is 2. The molecule has 0 spiro atoms. The molecule has 0 aromatic heterocycles. The molecule has 40 heavy (non-hydrogen) atoms. The second kappa shape index (κ2) is 11.0. The number of imide groups is 1. The summed E-state index contributed by atoms with van der Waals surface area (Å²) in [6.45, 7) is 2.72. The third-order valence-corrected chi connectivity index (χ3v) is 7.27. The largest absolute Gasteiger partial charge is 0.490 e. The molecule has 0 aliphatic carbocycles.